The molecule has 0 saturated carbocycles. The van der Waals surface area contributed by atoms with E-state index < -0.39 is 22.8 Å². The van der Waals surface area contributed by atoms with Gasteiger partial charge >= 0.3 is 6.03 Å². The summed E-state index contributed by atoms with van der Waals surface area (Å²) in [5, 5.41) is 4.97. The third kappa shape index (κ3) is 1.26. The molecule has 5 nitrogen and oxygen atoms in total. The van der Waals surface area contributed by atoms with E-state index in [-0.39, 0.29) is 5.91 Å². The number of carbonyl (C=O) groups is 2. The summed E-state index contributed by atoms with van der Waals surface area (Å²) in [6.07, 6.45) is 0.491. The average Bonchev–Trinajstić information content (AvgIpc) is 2.31. The van der Waals surface area contributed by atoms with Gasteiger partial charge in [-0.2, -0.15) is 0 Å². The van der Waals surface area contributed by atoms with Crippen molar-refractivity contribution < 1.29 is 14.3 Å². The summed E-state index contributed by atoms with van der Waals surface area (Å²) in [5.41, 5.74) is -2.02. The molecular formula is C10H16N2O3. The van der Waals surface area contributed by atoms with Crippen molar-refractivity contribution in [2.45, 2.75) is 50.9 Å². The van der Waals surface area contributed by atoms with Gasteiger partial charge in [0, 0.05) is 6.42 Å². The summed E-state index contributed by atoms with van der Waals surface area (Å²) < 4.78 is 5.82. The first-order valence-electron chi connectivity index (χ1n) is 5.02. The fourth-order valence-corrected chi connectivity index (χ4v) is 2.71. The number of ether oxygens (including phenoxy) is 1. The van der Waals surface area contributed by atoms with Crippen molar-refractivity contribution in [2.75, 3.05) is 0 Å². The molecule has 0 radical (unpaired) electrons. The van der Waals surface area contributed by atoms with E-state index in [2.05, 4.69) is 10.6 Å². The number of hydrogen-bond donors (Lipinski definition) is 2. The molecule has 2 heterocycles. The highest BCUT2D eigenvalue weighted by molar-refractivity contribution is 6.08. The minimum Gasteiger partial charge on any atom is -0.367 e. The molecule has 84 valence electrons. The van der Waals surface area contributed by atoms with Gasteiger partial charge in [0.15, 0.2) is 5.54 Å². The topological polar surface area (TPSA) is 67.4 Å². The Morgan fingerprint density at radius 3 is 2.13 bits per heavy atom. The van der Waals surface area contributed by atoms with Crippen LogP contribution in [0.15, 0.2) is 0 Å². The first-order chi connectivity index (χ1) is 6.69. The van der Waals surface area contributed by atoms with Crippen LogP contribution < -0.4 is 10.6 Å². The molecule has 2 aliphatic heterocycles. The first-order valence-corrected chi connectivity index (χ1v) is 5.02. The second kappa shape index (κ2) is 2.52. The van der Waals surface area contributed by atoms with E-state index in [4.69, 9.17) is 4.74 Å². The first kappa shape index (κ1) is 10.4. The lowest BCUT2D eigenvalue weighted by atomic mass is 9.79. The molecule has 2 aliphatic rings. The summed E-state index contributed by atoms with van der Waals surface area (Å²) in [4.78, 5) is 23.1. The lowest BCUT2D eigenvalue weighted by molar-refractivity contribution is -0.131. The molecule has 15 heavy (non-hydrogen) atoms. The maximum Gasteiger partial charge on any atom is 0.322 e. The molecule has 2 saturated heterocycles. The summed E-state index contributed by atoms with van der Waals surface area (Å²) in [6.45, 7) is 7.49. The number of hydrogen-bond acceptors (Lipinski definition) is 3. The van der Waals surface area contributed by atoms with Gasteiger partial charge in [-0.25, -0.2) is 4.79 Å². The van der Waals surface area contributed by atoms with Crippen molar-refractivity contribution in [1.29, 1.82) is 0 Å². The van der Waals surface area contributed by atoms with E-state index in [1.165, 1.54) is 0 Å². The highest BCUT2D eigenvalue weighted by atomic mass is 16.5. The van der Waals surface area contributed by atoms with E-state index in [1.54, 1.807) is 0 Å². The second-order valence-electron chi connectivity index (χ2n) is 5.36. The average molecular weight is 212 g/mol. The maximum atomic E-state index is 11.8. The van der Waals surface area contributed by atoms with Gasteiger partial charge in [-0.1, -0.05) is 0 Å². The fraction of sp³-hybridized carbons (Fsp3) is 0.800. The monoisotopic (exact) mass is 212 g/mol. The Hall–Kier alpha value is -1.10. The number of carbonyl (C=O) groups excluding carboxylic acids is 2. The van der Waals surface area contributed by atoms with Crippen LogP contribution in [-0.4, -0.2) is 28.7 Å². The van der Waals surface area contributed by atoms with Crippen molar-refractivity contribution in [1.82, 2.24) is 10.6 Å². The largest absolute Gasteiger partial charge is 0.367 e. The van der Waals surface area contributed by atoms with Crippen molar-refractivity contribution in [2.24, 2.45) is 0 Å². The molecule has 0 aromatic rings. The summed E-state index contributed by atoms with van der Waals surface area (Å²) in [7, 11) is 0. The molecule has 2 fully saturated rings. The van der Waals surface area contributed by atoms with Gasteiger partial charge in [-0.15, -0.1) is 0 Å². The predicted octanol–water partition coefficient (Wildman–Crippen LogP) is 0.542. The summed E-state index contributed by atoms with van der Waals surface area (Å²) >= 11 is 0. The lowest BCUT2D eigenvalue weighted by Gasteiger charge is -2.33. The Morgan fingerprint density at radius 1 is 1.20 bits per heavy atom. The van der Waals surface area contributed by atoms with Gasteiger partial charge in [0.25, 0.3) is 5.91 Å². The smallest absolute Gasteiger partial charge is 0.322 e. The van der Waals surface area contributed by atoms with Crippen LogP contribution in [0.5, 0.6) is 0 Å². The van der Waals surface area contributed by atoms with Crippen LogP contribution in [0.1, 0.15) is 34.1 Å². The Labute approximate surface area is 88.5 Å². The summed E-state index contributed by atoms with van der Waals surface area (Å²) in [5.74, 6) is -0.289. The van der Waals surface area contributed by atoms with Gasteiger partial charge in [-0.05, 0) is 27.7 Å². The summed E-state index contributed by atoms with van der Waals surface area (Å²) in [6, 6.07) is -0.436. The molecule has 0 unspecified atom stereocenters. The van der Waals surface area contributed by atoms with E-state index in [0.717, 1.165) is 0 Å². The van der Waals surface area contributed by atoms with Gasteiger partial charge in [0.2, 0.25) is 0 Å². The van der Waals surface area contributed by atoms with Gasteiger partial charge in [-0.3, -0.25) is 10.1 Å². The van der Waals surface area contributed by atoms with E-state index in [9.17, 15) is 9.59 Å². The molecule has 0 aromatic carbocycles. The Morgan fingerprint density at radius 2 is 1.80 bits per heavy atom. The minimum absolute atomic E-state index is 0.289. The number of imide groups is 1. The van der Waals surface area contributed by atoms with E-state index in [1.807, 2.05) is 27.7 Å². The zero-order chi connectivity index (χ0) is 11.5. The highest BCUT2D eigenvalue weighted by Crippen LogP contribution is 2.46. The molecule has 3 amide bonds. The Bertz CT molecular complexity index is 349. The minimum atomic E-state index is -0.923. The van der Waals surface area contributed by atoms with Crippen molar-refractivity contribution >= 4 is 11.9 Å². The zero-order valence-electron chi connectivity index (χ0n) is 9.43. The van der Waals surface area contributed by atoms with Crippen LogP contribution in [0.3, 0.4) is 0 Å². The highest BCUT2D eigenvalue weighted by Gasteiger charge is 2.65. The number of amides is 3. The Kier molecular flexibility index (Phi) is 1.75. The van der Waals surface area contributed by atoms with Gasteiger partial charge < -0.3 is 10.1 Å². The molecular weight excluding hydrogens is 196 g/mol. The van der Waals surface area contributed by atoms with Crippen LogP contribution in [0.4, 0.5) is 4.79 Å². The zero-order valence-corrected chi connectivity index (χ0v) is 9.43. The number of nitrogens with one attached hydrogen (secondary N) is 2. The molecule has 5 heteroatoms. The third-order valence-corrected chi connectivity index (χ3v) is 3.19. The third-order valence-electron chi connectivity index (χ3n) is 3.19. The standard InChI is InChI=1S/C10H16N2O3/c1-8(2)5-10(9(3,4)15-8)6(13)11-7(14)12-10/h5H2,1-4H3,(H2,11,12,13,14)/t10-/m1/s1. The van der Waals surface area contributed by atoms with Crippen LogP contribution in [-0.2, 0) is 9.53 Å². The number of urea groups is 1. The fourth-order valence-electron chi connectivity index (χ4n) is 2.71. The maximum absolute atomic E-state index is 11.8. The number of rotatable bonds is 0. The van der Waals surface area contributed by atoms with E-state index in [0.29, 0.717) is 6.42 Å². The molecule has 2 N–H and O–H groups in total. The van der Waals surface area contributed by atoms with Gasteiger partial charge in [0.1, 0.15) is 0 Å². The van der Waals surface area contributed by atoms with Crippen LogP contribution in [0.2, 0.25) is 0 Å². The molecule has 0 aliphatic carbocycles. The van der Waals surface area contributed by atoms with Crippen LogP contribution in [0.25, 0.3) is 0 Å². The van der Waals surface area contributed by atoms with Gasteiger partial charge in [0.05, 0.1) is 11.2 Å². The van der Waals surface area contributed by atoms with Crippen molar-refractivity contribution in [3.05, 3.63) is 0 Å². The lowest BCUT2D eigenvalue weighted by Crippen LogP contribution is -2.58. The Balaban J connectivity index is 2.44. The molecule has 0 bridgehead atoms. The predicted molar refractivity (Wildman–Crippen MR) is 53.3 cm³/mol. The van der Waals surface area contributed by atoms with E-state index >= 15 is 0 Å². The molecule has 0 aromatic heterocycles. The second-order valence-corrected chi connectivity index (χ2v) is 5.36. The molecule has 1 atom stereocenters. The van der Waals surface area contributed by atoms with Crippen LogP contribution >= 0.6 is 0 Å². The van der Waals surface area contributed by atoms with Crippen LogP contribution in [0, 0.1) is 0 Å². The SMILES string of the molecule is CC1(C)C[C@]2(NC(=O)NC2=O)C(C)(C)O1. The molecule has 2 rings (SSSR count). The van der Waals surface area contributed by atoms with Crippen molar-refractivity contribution in [3.63, 3.8) is 0 Å². The quantitative estimate of drug-likeness (QED) is 0.576. The normalized spacial score (nSPS) is 36.8. The molecule has 1 spiro atoms. The van der Waals surface area contributed by atoms with Crippen molar-refractivity contribution in [3.8, 4) is 0 Å².